The van der Waals surface area contributed by atoms with Crippen LogP contribution in [0.15, 0.2) is 21.0 Å². The third kappa shape index (κ3) is 1.89. The zero-order valence-corrected chi connectivity index (χ0v) is 11.5. The van der Waals surface area contributed by atoms with Gasteiger partial charge in [0.2, 0.25) is 0 Å². The molecule has 2 heterocycles. The molecule has 0 unspecified atom stereocenters. The molecule has 0 aliphatic rings. The molecule has 2 aromatic heterocycles. The predicted octanol–water partition coefficient (Wildman–Crippen LogP) is 1.85. The van der Waals surface area contributed by atoms with Gasteiger partial charge in [-0.05, 0) is 12.1 Å². The summed E-state index contributed by atoms with van der Waals surface area (Å²) in [6.07, 6.45) is 0. The molecule has 3 aromatic rings. The van der Waals surface area contributed by atoms with Crippen molar-refractivity contribution in [2.24, 2.45) is 0 Å². The molecular formula is C16H2F2N4O2. The molecule has 0 saturated heterocycles. The van der Waals surface area contributed by atoms with Crippen LogP contribution < -0.4 is 10.8 Å². The first-order valence-electron chi connectivity index (χ1n) is 6.24. The van der Waals surface area contributed by atoms with Crippen molar-refractivity contribution in [3.63, 3.8) is 0 Å². The molecule has 0 aliphatic heterocycles. The molecule has 24 heavy (non-hydrogen) atoms. The minimum Gasteiger partial charge on any atom is -0.450 e. The van der Waals surface area contributed by atoms with Crippen molar-refractivity contribution in [3.05, 3.63) is 34.6 Å². The van der Waals surface area contributed by atoms with E-state index < -0.39 is 22.8 Å². The number of hydrogen-bond acceptors (Lipinski definition) is 6. The van der Waals surface area contributed by atoms with Crippen LogP contribution in [-0.4, -0.2) is 0 Å². The maximum absolute atomic E-state index is 14.2. The van der Waals surface area contributed by atoms with Gasteiger partial charge >= 0.3 is 0 Å². The van der Waals surface area contributed by atoms with Crippen LogP contribution in [0.3, 0.4) is 0 Å². The van der Waals surface area contributed by atoms with E-state index in [1.54, 1.807) is 24.3 Å². The molecule has 1 aromatic carbocycles. The lowest BCUT2D eigenvalue weighted by molar-refractivity contribution is 0.518. The first-order chi connectivity index (χ1) is 11.5. The summed E-state index contributed by atoms with van der Waals surface area (Å²) in [6, 6.07) is 8.33. The molecule has 8 heteroatoms. The van der Waals surface area contributed by atoms with E-state index in [-0.39, 0.29) is 32.8 Å². The van der Waals surface area contributed by atoms with Crippen LogP contribution in [0.2, 0.25) is 0 Å². The topological polar surface area (TPSA) is 121 Å². The van der Waals surface area contributed by atoms with Gasteiger partial charge in [-0.2, -0.15) is 21.0 Å². The van der Waals surface area contributed by atoms with Crippen molar-refractivity contribution in [1.82, 2.24) is 0 Å². The monoisotopic (exact) mass is 320 g/mol. The van der Waals surface area contributed by atoms with Gasteiger partial charge in [0.15, 0.2) is 44.8 Å². The second-order valence-electron chi connectivity index (χ2n) is 4.53. The maximum Gasteiger partial charge on any atom is 0.181 e. The lowest BCUT2D eigenvalue weighted by Crippen LogP contribution is -1.98. The predicted molar refractivity (Wildman–Crippen MR) is 74.4 cm³/mol. The van der Waals surface area contributed by atoms with Gasteiger partial charge in [0, 0.05) is 0 Å². The van der Waals surface area contributed by atoms with Gasteiger partial charge < -0.3 is 8.83 Å². The molecule has 6 nitrogen and oxygen atoms in total. The Bertz CT molecular complexity index is 1180. The van der Waals surface area contributed by atoms with Gasteiger partial charge in [-0.3, -0.25) is 0 Å². The van der Waals surface area contributed by atoms with Gasteiger partial charge in [0.05, 0.1) is 10.8 Å². The fourth-order valence-corrected chi connectivity index (χ4v) is 2.20. The fourth-order valence-electron chi connectivity index (χ4n) is 2.20. The van der Waals surface area contributed by atoms with Crippen LogP contribution in [0.25, 0.3) is 33.1 Å². The van der Waals surface area contributed by atoms with Crippen molar-refractivity contribution >= 4 is 33.1 Å². The summed E-state index contributed by atoms with van der Waals surface area (Å²) in [4.78, 5) is 0. The Hall–Kier alpha value is -4.14. The van der Waals surface area contributed by atoms with E-state index >= 15 is 0 Å². The number of fused-ring (bicyclic) bond motifs is 3. The Labute approximate surface area is 131 Å². The highest BCUT2D eigenvalue weighted by Crippen LogP contribution is 2.30. The minimum atomic E-state index is -1.26. The van der Waals surface area contributed by atoms with Crippen molar-refractivity contribution in [2.75, 3.05) is 0 Å². The third-order valence-electron chi connectivity index (χ3n) is 3.28. The molecule has 0 bridgehead atoms. The van der Waals surface area contributed by atoms with E-state index in [2.05, 4.69) is 0 Å². The molecular weight excluding hydrogens is 318 g/mol. The smallest absolute Gasteiger partial charge is 0.181 e. The Morgan fingerprint density at radius 2 is 1.04 bits per heavy atom. The lowest BCUT2D eigenvalue weighted by Gasteiger charge is -1.95. The van der Waals surface area contributed by atoms with Crippen LogP contribution >= 0.6 is 0 Å². The normalized spacial score (nSPS) is 9.92. The van der Waals surface area contributed by atoms with E-state index in [4.69, 9.17) is 29.9 Å². The van der Waals surface area contributed by atoms with Crippen LogP contribution in [0.4, 0.5) is 8.78 Å². The van der Waals surface area contributed by atoms with Crippen molar-refractivity contribution in [1.29, 1.82) is 21.0 Å². The number of hydrogen-bond donors (Lipinski definition) is 0. The number of benzene rings is 1. The highest BCUT2D eigenvalue weighted by molar-refractivity contribution is 6.02. The van der Waals surface area contributed by atoms with Gasteiger partial charge in [0.25, 0.3) is 0 Å². The Balaban J connectivity index is 2.63. The summed E-state index contributed by atoms with van der Waals surface area (Å²) in [5, 5.41) is 34.7. The van der Waals surface area contributed by atoms with Crippen LogP contribution in [0, 0.1) is 57.0 Å². The van der Waals surface area contributed by atoms with E-state index in [9.17, 15) is 8.78 Å². The van der Waals surface area contributed by atoms with E-state index in [0.717, 1.165) is 12.1 Å². The number of nitriles is 4. The Morgan fingerprint density at radius 1 is 0.708 bits per heavy atom. The molecule has 0 atom stereocenters. The van der Waals surface area contributed by atoms with Gasteiger partial charge in [-0.15, -0.1) is 0 Å². The fraction of sp³-hybridized carbons (Fsp3) is 0. The second-order valence-corrected chi connectivity index (χ2v) is 4.53. The first kappa shape index (κ1) is 14.8. The molecule has 0 aliphatic carbocycles. The van der Waals surface area contributed by atoms with E-state index in [1.165, 1.54) is 0 Å². The maximum atomic E-state index is 14.2. The van der Waals surface area contributed by atoms with E-state index in [0.29, 0.717) is 0 Å². The highest BCUT2D eigenvalue weighted by atomic mass is 19.2. The van der Waals surface area contributed by atoms with Crippen molar-refractivity contribution in [2.45, 2.75) is 0 Å². The van der Waals surface area contributed by atoms with Crippen LogP contribution in [0.5, 0.6) is 0 Å². The molecule has 112 valence electrons. The van der Waals surface area contributed by atoms with Crippen LogP contribution in [0.1, 0.15) is 0 Å². The van der Waals surface area contributed by atoms with Crippen molar-refractivity contribution in [3.8, 4) is 24.3 Å². The van der Waals surface area contributed by atoms with Crippen LogP contribution in [-0.2, 0) is 0 Å². The van der Waals surface area contributed by atoms with Gasteiger partial charge in [-0.1, -0.05) is 0 Å². The average Bonchev–Trinajstić information content (AvgIpc) is 3.20. The highest BCUT2D eigenvalue weighted by Gasteiger charge is 2.21. The first-order valence-corrected chi connectivity index (χ1v) is 6.24. The van der Waals surface area contributed by atoms with Crippen molar-refractivity contribution < 1.29 is 17.6 Å². The van der Waals surface area contributed by atoms with Gasteiger partial charge in [0.1, 0.15) is 24.3 Å². The molecule has 0 fully saturated rings. The Morgan fingerprint density at radius 3 is 1.33 bits per heavy atom. The Kier molecular flexibility index (Phi) is 3.23. The number of halogens is 2. The quantitative estimate of drug-likeness (QED) is 0.623. The summed E-state index contributed by atoms with van der Waals surface area (Å²) >= 11 is 0. The van der Waals surface area contributed by atoms with E-state index in [1.807, 2.05) is 0 Å². The summed E-state index contributed by atoms with van der Waals surface area (Å²) in [7, 11) is 0. The molecule has 0 spiro atoms. The van der Waals surface area contributed by atoms with Gasteiger partial charge in [-0.25, -0.2) is 8.78 Å². The summed E-state index contributed by atoms with van der Waals surface area (Å²) in [5.41, 5.74) is -1.81. The molecule has 0 saturated carbocycles. The zero-order chi connectivity index (χ0) is 17.4. The summed E-state index contributed by atoms with van der Waals surface area (Å²) in [5.74, 6) is -2.52. The zero-order valence-electron chi connectivity index (χ0n) is 11.5. The number of furan rings is 2. The standard InChI is InChI=1S/C16H2F2N4O2/c17-13-9-1-11(7(3-19)4-20)23-15(9)16-10(14(13)18)2-12(24-16)8(5-21)6-22/h1-2H. The third-order valence-corrected chi connectivity index (χ3v) is 3.28. The molecule has 0 radical (unpaired) electrons. The molecule has 3 rings (SSSR count). The molecule has 0 amide bonds. The molecule has 0 N–H and O–H groups in total. The minimum absolute atomic E-state index is 0.233. The number of rotatable bonds is 0. The average molecular weight is 320 g/mol. The summed E-state index contributed by atoms with van der Waals surface area (Å²) in [6.45, 7) is 0. The lowest BCUT2D eigenvalue weighted by atomic mass is 10.1. The number of nitrogens with zero attached hydrogens (tertiary/aromatic N) is 4. The second kappa shape index (κ2) is 5.25. The SMILES string of the molecule is N#CC(C#N)=c1cc2c(F)c(F)c3cc(=C(C#N)C#N)oc3c2o1. The largest absolute Gasteiger partial charge is 0.450 e. The summed E-state index contributed by atoms with van der Waals surface area (Å²) < 4.78 is 38.9.